The summed E-state index contributed by atoms with van der Waals surface area (Å²) in [5, 5.41) is 7.66. The Balaban J connectivity index is 1.42. The minimum Gasteiger partial charge on any atom is -0.366 e. The monoisotopic (exact) mass is 377 g/mol. The number of hydrogen-bond acceptors (Lipinski definition) is 6. The van der Waals surface area contributed by atoms with Crippen molar-refractivity contribution in [1.82, 2.24) is 20.0 Å². The fraction of sp³-hybridized carbons (Fsp3) is 0.409. The molecule has 0 aliphatic carbocycles. The molecule has 6 nitrogen and oxygen atoms in total. The van der Waals surface area contributed by atoms with Gasteiger partial charge in [0.05, 0.1) is 0 Å². The molecule has 1 aliphatic heterocycles. The molecule has 0 bridgehead atoms. The Kier molecular flexibility index (Phi) is 5.39. The molecule has 3 heterocycles. The van der Waals surface area contributed by atoms with Gasteiger partial charge in [0.15, 0.2) is 5.82 Å². The third kappa shape index (κ3) is 4.22. The maximum Gasteiger partial charge on any atom is 0.258 e. The Morgan fingerprint density at radius 1 is 1.18 bits per heavy atom. The van der Waals surface area contributed by atoms with Crippen molar-refractivity contribution >= 4 is 5.82 Å². The van der Waals surface area contributed by atoms with Gasteiger partial charge in [-0.15, -0.1) is 0 Å². The van der Waals surface area contributed by atoms with E-state index in [1.54, 1.807) is 6.20 Å². The van der Waals surface area contributed by atoms with Crippen LogP contribution in [0.5, 0.6) is 0 Å². The molecule has 2 atom stereocenters. The van der Waals surface area contributed by atoms with Crippen LogP contribution < -0.4 is 5.32 Å². The average Bonchev–Trinajstić information content (AvgIpc) is 3.31. The fourth-order valence-electron chi connectivity index (χ4n) is 3.64. The van der Waals surface area contributed by atoms with Gasteiger partial charge in [-0.25, -0.2) is 4.98 Å². The Labute approximate surface area is 166 Å². The minimum atomic E-state index is 0.242. The molecule has 2 aromatic heterocycles. The molecule has 1 N–H and O–H groups in total. The molecule has 0 radical (unpaired) electrons. The van der Waals surface area contributed by atoms with Crippen molar-refractivity contribution < 1.29 is 4.52 Å². The third-order valence-corrected chi connectivity index (χ3v) is 5.24. The van der Waals surface area contributed by atoms with Gasteiger partial charge >= 0.3 is 0 Å². The number of benzene rings is 1. The lowest BCUT2D eigenvalue weighted by Crippen LogP contribution is -2.28. The summed E-state index contributed by atoms with van der Waals surface area (Å²) >= 11 is 0. The molecule has 2 unspecified atom stereocenters. The van der Waals surface area contributed by atoms with E-state index in [0.29, 0.717) is 17.9 Å². The van der Waals surface area contributed by atoms with Crippen molar-refractivity contribution in [3.8, 4) is 11.5 Å². The standard InChI is InChI=1S/C22H27N5O/c1-15(2)21-25-22(28-26-21)18-9-10-23-20(11-18)24-19-14-27(12-16(19)3)13-17-7-5-4-6-8-17/h4-11,15-16,19H,12-14H2,1-3H3,(H,23,24). The van der Waals surface area contributed by atoms with Crippen molar-refractivity contribution in [3.63, 3.8) is 0 Å². The normalized spacial score (nSPS) is 20.0. The van der Waals surface area contributed by atoms with E-state index < -0.39 is 0 Å². The van der Waals surface area contributed by atoms with E-state index in [1.165, 1.54) is 5.56 Å². The van der Waals surface area contributed by atoms with Crippen molar-refractivity contribution in [3.05, 3.63) is 60.0 Å². The van der Waals surface area contributed by atoms with Crippen LogP contribution in [-0.2, 0) is 6.54 Å². The van der Waals surface area contributed by atoms with Gasteiger partial charge in [0, 0.05) is 43.4 Å². The van der Waals surface area contributed by atoms with Crippen molar-refractivity contribution in [2.45, 2.75) is 39.3 Å². The largest absolute Gasteiger partial charge is 0.366 e. The zero-order valence-electron chi connectivity index (χ0n) is 16.7. The molecule has 146 valence electrons. The average molecular weight is 377 g/mol. The summed E-state index contributed by atoms with van der Waals surface area (Å²) in [5.41, 5.74) is 2.25. The fourth-order valence-corrected chi connectivity index (χ4v) is 3.64. The molecule has 0 amide bonds. The first kappa shape index (κ1) is 18.6. The van der Waals surface area contributed by atoms with Gasteiger partial charge in [0.1, 0.15) is 5.82 Å². The van der Waals surface area contributed by atoms with Gasteiger partial charge in [-0.05, 0) is 23.6 Å². The van der Waals surface area contributed by atoms with E-state index in [9.17, 15) is 0 Å². The van der Waals surface area contributed by atoms with E-state index in [2.05, 4.69) is 76.4 Å². The second-order valence-electron chi connectivity index (χ2n) is 7.95. The number of nitrogens with one attached hydrogen (secondary N) is 1. The highest BCUT2D eigenvalue weighted by Crippen LogP contribution is 2.25. The van der Waals surface area contributed by atoms with Crippen LogP contribution in [0.3, 0.4) is 0 Å². The number of anilines is 1. The van der Waals surface area contributed by atoms with E-state index in [-0.39, 0.29) is 5.92 Å². The Morgan fingerprint density at radius 2 is 2.00 bits per heavy atom. The van der Waals surface area contributed by atoms with E-state index in [4.69, 9.17) is 4.52 Å². The minimum absolute atomic E-state index is 0.242. The predicted octanol–water partition coefficient (Wildman–Crippen LogP) is 4.19. The summed E-state index contributed by atoms with van der Waals surface area (Å²) in [6.07, 6.45) is 1.79. The summed E-state index contributed by atoms with van der Waals surface area (Å²) in [4.78, 5) is 11.5. The van der Waals surface area contributed by atoms with E-state index in [0.717, 1.165) is 36.8 Å². The maximum atomic E-state index is 5.42. The van der Waals surface area contributed by atoms with Gasteiger partial charge in [-0.3, -0.25) is 4.90 Å². The van der Waals surface area contributed by atoms with Crippen LogP contribution in [0.15, 0.2) is 53.2 Å². The molecular weight excluding hydrogens is 350 g/mol. The molecule has 1 fully saturated rings. The van der Waals surface area contributed by atoms with E-state index in [1.807, 2.05) is 12.1 Å². The van der Waals surface area contributed by atoms with Gasteiger partial charge in [-0.1, -0.05) is 56.3 Å². The van der Waals surface area contributed by atoms with Gasteiger partial charge in [-0.2, -0.15) is 4.98 Å². The van der Waals surface area contributed by atoms with Crippen molar-refractivity contribution in [1.29, 1.82) is 0 Å². The molecule has 4 rings (SSSR count). The Hall–Kier alpha value is -2.73. The third-order valence-electron chi connectivity index (χ3n) is 5.24. The zero-order valence-corrected chi connectivity index (χ0v) is 16.7. The van der Waals surface area contributed by atoms with Crippen LogP contribution in [0.1, 0.15) is 38.1 Å². The highest BCUT2D eigenvalue weighted by Gasteiger charge is 2.29. The summed E-state index contributed by atoms with van der Waals surface area (Å²) in [5.74, 6) is 2.90. The summed E-state index contributed by atoms with van der Waals surface area (Å²) in [6, 6.07) is 14.9. The highest BCUT2D eigenvalue weighted by molar-refractivity contribution is 5.58. The van der Waals surface area contributed by atoms with Crippen molar-refractivity contribution in [2.24, 2.45) is 5.92 Å². The highest BCUT2D eigenvalue weighted by atomic mass is 16.5. The Morgan fingerprint density at radius 3 is 2.75 bits per heavy atom. The molecule has 1 aliphatic rings. The Bertz CT molecular complexity index is 908. The quantitative estimate of drug-likeness (QED) is 0.695. The van der Waals surface area contributed by atoms with Crippen molar-refractivity contribution in [2.75, 3.05) is 18.4 Å². The lowest BCUT2D eigenvalue weighted by molar-refractivity contribution is 0.319. The number of hydrogen-bond donors (Lipinski definition) is 1. The van der Waals surface area contributed by atoms with Crippen LogP contribution in [0.2, 0.25) is 0 Å². The van der Waals surface area contributed by atoms with Crippen LogP contribution in [0.25, 0.3) is 11.5 Å². The first-order valence-corrected chi connectivity index (χ1v) is 9.91. The molecule has 0 saturated carbocycles. The molecule has 3 aromatic rings. The molecular formula is C22H27N5O. The summed E-state index contributed by atoms with van der Waals surface area (Å²) < 4.78 is 5.42. The van der Waals surface area contributed by atoms with Gasteiger partial charge in [0.2, 0.25) is 0 Å². The second kappa shape index (κ2) is 8.10. The SMILES string of the molecule is CC(C)c1noc(-c2ccnc(NC3CN(Cc4ccccc4)CC3C)c2)n1. The molecule has 0 spiro atoms. The first-order chi connectivity index (χ1) is 13.6. The molecule has 1 aromatic carbocycles. The smallest absolute Gasteiger partial charge is 0.258 e. The molecule has 28 heavy (non-hydrogen) atoms. The maximum absolute atomic E-state index is 5.42. The molecule has 1 saturated heterocycles. The van der Waals surface area contributed by atoms with Crippen LogP contribution in [0.4, 0.5) is 5.82 Å². The summed E-state index contributed by atoms with van der Waals surface area (Å²) in [6.45, 7) is 9.46. The second-order valence-corrected chi connectivity index (χ2v) is 7.95. The number of pyridine rings is 1. The number of nitrogens with zero attached hydrogens (tertiary/aromatic N) is 4. The lowest BCUT2D eigenvalue weighted by atomic mass is 10.1. The summed E-state index contributed by atoms with van der Waals surface area (Å²) in [7, 11) is 0. The predicted molar refractivity (Wildman–Crippen MR) is 110 cm³/mol. The topological polar surface area (TPSA) is 67.1 Å². The lowest BCUT2D eigenvalue weighted by Gasteiger charge is -2.18. The zero-order chi connectivity index (χ0) is 19.5. The van der Waals surface area contributed by atoms with Gasteiger partial charge < -0.3 is 9.84 Å². The molecule has 6 heteroatoms. The number of likely N-dealkylation sites (tertiary alicyclic amines) is 1. The van der Waals surface area contributed by atoms with Gasteiger partial charge in [0.25, 0.3) is 5.89 Å². The first-order valence-electron chi connectivity index (χ1n) is 9.91. The van der Waals surface area contributed by atoms with Crippen LogP contribution in [-0.4, -0.2) is 39.2 Å². The van der Waals surface area contributed by atoms with Crippen LogP contribution in [0, 0.1) is 5.92 Å². The van der Waals surface area contributed by atoms with Crippen LogP contribution >= 0.6 is 0 Å². The number of aromatic nitrogens is 3. The number of rotatable bonds is 6. The van der Waals surface area contributed by atoms with E-state index >= 15 is 0 Å².